The number of carbonyl (C=O) groups is 1. The molecule has 0 atom stereocenters. The molecule has 194 valence electrons. The number of hydrogen-bond acceptors (Lipinski definition) is 10. The average molecular weight is 546 g/mol. The molecule has 4 rings (SSSR count). The predicted octanol–water partition coefficient (Wildman–Crippen LogP) is 2.98. The van der Waals surface area contributed by atoms with Crippen LogP contribution in [0, 0.1) is 11.6 Å². The van der Waals surface area contributed by atoms with E-state index in [1.54, 1.807) is 0 Å². The van der Waals surface area contributed by atoms with Crippen molar-refractivity contribution >= 4 is 50.2 Å². The van der Waals surface area contributed by atoms with E-state index in [4.69, 9.17) is 0 Å². The molecule has 0 aliphatic heterocycles. The van der Waals surface area contributed by atoms with Gasteiger partial charge in [-0.25, -0.2) is 31.8 Å². The van der Waals surface area contributed by atoms with Crippen molar-refractivity contribution in [3.63, 3.8) is 0 Å². The maximum atomic E-state index is 14.3. The molecule has 2 aromatic heterocycles. The predicted molar refractivity (Wildman–Crippen MR) is 114 cm³/mol. The first-order chi connectivity index (χ1) is 17.3. The molecule has 0 saturated carbocycles. The normalized spacial score (nSPS) is 11.9. The Morgan fingerprint density at radius 1 is 1.05 bits per heavy atom. The van der Waals surface area contributed by atoms with Crippen LogP contribution in [-0.4, -0.2) is 35.5 Å². The van der Waals surface area contributed by atoms with E-state index >= 15 is 0 Å². The third-order valence-corrected chi connectivity index (χ3v) is 5.54. The highest BCUT2D eigenvalue weighted by Gasteiger charge is 2.42. The van der Waals surface area contributed by atoms with Gasteiger partial charge in [0.15, 0.2) is 23.0 Å². The van der Waals surface area contributed by atoms with E-state index in [-0.39, 0.29) is 28.4 Å². The molecule has 0 fully saturated rings. The number of nitrogens with zero attached hydrogens (tertiary/aromatic N) is 2. The molecule has 0 amide bonds. The summed E-state index contributed by atoms with van der Waals surface area (Å²) in [6.45, 7) is 0. The highest BCUT2D eigenvalue weighted by molar-refractivity contribution is 7.89. The van der Waals surface area contributed by atoms with Crippen molar-refractivity contribution in [2.75, 3.05) is 10.6 Å². The molecule has 4 N–H and O–H groups in total. The number of aromatic nitrogens is 3. The zero-order chi connectivity index (χ0) is 27.0. The van der Waals surface area contributed by atoms with Crippen LogP contribution in [0.5, 0.6) is 0 Å². The Labute approximate surface area is 201 Å². The number of aromatic amines is 1. The Morgan fingerprint density at radius 3 is 2.54 bits per heavy atom. The maximum absolute atomic E-state index is 14.3. The van der Waals surface area contributed by atoms with Gasteiger partial charge in [0, 0.05) is 17.4 Å². The highest BCUT2D eigenvalue weighted by Crippen LogP contribution is 2.25. The van der Waals surface area contributed by atoms with Crippen molar-refractivity contribution in [3.05, 3.63) is 64.8 Å². The van der Waals surface area contributed by atoms with E-state index in [1.165, 1.54) is 18.2 Å². The fourth-order valence-corrected chi connectivity index (χ4v) is 3.63. The van der Waals surface area contributed by atoms with Gasteiger partial charge in [-0.3, -0.25) is 4.98 Å². The van der Waals surface area contributed by atoms with E-state index in [0.717, 1.165) is 29.3 Å². The fourth-order valence-electron chi connectivity index (χ4n) is 2.81. The third kappa shape index (κ3) is 5.81. The van der Waals surface area contributed by atoms with Gasteiger partial charge < -0.3 is 19.9 Å². The Bertz CT molecular complexity index is 1670. The number of anilines is 4. The molecule has 0 radical (unpaired) electrons. The summed E-state index contributed by atoms with van der Waals surface area (Å²) in [7, 11) is -4.72. The van der Waals surface area contributed by atoms with Crippen molar-refractivity contribution < 1.29 is 44.4 Å². The van der Waals surface area contributed by atoms with Gasteiger partial charge in [-0.1, -0.05) is 6.07 Å². The zero-order valence-corrected chi connectivity index (χ0v) is 18.5. The Hall–Kier alpha value is -4.58. The SMILES string of the molecule is O=C(ONS(=O)(=O)c1cccc(Nc2ncc(F)c(Nc3cc(F)c4oc(=O)[nH]c4c3)n2)c1)C(F)(F)F. The summed E-state index contributed by atoms with van der Waals surface area (Å²) in [5, 5.41) is 5.06. The van der Waals surface area contributed by atoms with Crippen molar-refractivity contribution in [3.8, 4) is 0 Å². The second-order valence-electron chi connectivity index (χ2n) is 6.99. The van der Waals surface area contributed by atoms with Crippen LogP contribution in [0.1, 0.15) is 0 Å². The second-order valence-corrected chi connectivity index (χ2v) is 8.64. The third-order valence-electron chi connectivity index (χ3n) is 4.36. The summed E-state index contributed by atoms with van der Waals surface area (Å²) >= 11 is 0. The number of nitrogens with one attached hydrogen (secondary N) is 4. The monoisotopic (exact) mass is 546 g/mol. The van der Waals surface area contributed by atoms with Crippen LogP contribution >= 0.6 is 0 Å². The molecule has 4 aromatic rings. The minimum Gasteiger partial charge on any atom is -0.405 e. The first-order valence-corrected chi connectivity index (χ1v) is 11.1. The molecule has 18 heteroatoms. The summed E-state index contributed by atoms with van der Waals surface area (Å²) in [6.07, 6.45) is -4.68. The van der Waals surface area contributed by atoms with Crippen molar-refractivity contribution in [1.29, 1.82) is 0 Å². The van der Waals surface area contributed by atoms with Crippen LogP contribution in [0.4, 0.5) is 45.1 Å². The largest absolute Gasteiger partial charge is 0.492 e. The number of carbonyl (C=O) groups excluding carboxylic acids is 1. The smallest absolute Gasteiger partial charge is 0.405 e. The molecule has 2 aromatic carbocycles. The lowest BCUT2D eigenvalue weighted by molar-refractivity contribution is -0.203. The average Bonchev–Trinajstić information content (AvgIpc) is 3.20. The Balaban J connectivity index is 1.53. The standard InChI is InChI=1S/C19H11F5N6O6S/c20-11-5-9(6-13-14(11)35-18(32)28-13)26-15-12(21)7-25-17(29-15)27-8-2-1-3-10(4-8)37(33,34)30-36-16(31)19(22,23)24/h1-7,30H,(H,28,32)(H2,25,26,27,29). The van der Waals surface area contributed by atoms with Crippen molar-refractivity contribution in [2.45, 2.75) is 11.1 Å². The Morgan fingerprint density at radius 2 is 1.81 bits per heavy atom. The van der Waals surface area contributed by atoms with Gasteiger partial charge in [0.05, 0.1) is 16.6 Å². The quantitative estimate of drug-likeness (QED) is 0.200. The number of hydrogen-bond donors (Lipinski definition) is 4. The molecule has 37 heavy (non-hydrogen) atoms. The van der Waals surface area contributed by atoms with Gasteiger partial charge in [0.1, 0.15) is 0 Å². The van der Waals surface area contributed by atoms with E-state index < -0.39 is 50.3 Å². The van der Waals surface area contributed by atoms with Crippen LogP contribution in [-0.2, 0) is 19.7 Å². The van der Waals surface area contributed by atoms with Crippen molar-refractivity contribution in [2.24, 2.45) is 0 Å². The molecule has 0 unspecified atom stereocenters. The number of sulfonamides is 1. The molecule has 0 bridgehead atoms. The maximum Gasteiger partial charge on any atom is 0.492 e. The second kappa shape index (κ2) is 9.47. The lowest BCUT2D eigenvalue weighted by Gasteiger charge is -2.11. The van der Waals surface area contributed by atoms with Gasteiger partial charge in [-0.2, -0.15) is 18.2 Å². The zero-order valence-electron chi connectivity index (χ0n) is 17.7. The Kier molecular flexibility index (Phi) is 6.53. The molecule has 2 heterocycles. The number of halogens is 5. The molecular weight excluding hydrogens is 535 g/mol. The highest BCUT2D eigenvalue weighted by atomic mass is 32.2. The van der Waals surface area contributed by atoms with Crippen LogP contribution in [0.25, 0.3) is 11.1 Å². The number of alkyl halides is 3. The summed E-state index contributed by atoms with van der Waals surface area (Å²) in [6, 6.07) is 6.60. The van der Waals surface area contributed by atoms with E-state index in [2.05, 4.69) is 34.8 Å². The van der Waals surface area contributed by atoms with Gasteiger partial charge in [-0.15, -0.1) is 0 Å². The van der Waals surface area contributed by atoms with Crippen LogP contribution in [0.3, 0.4) is 0 Å². The minimum absolute atomic E-state index is 0.00661. The minimum atomic E-state index is -5.43. The molecule has 0 saturated heterocycles. The molecule has 12 nitrogen and oxygen atoms in total. The summed E-state index contributed by atoms with van der Waals surface area (Å²) < 4.78 is 94.0. The van der Waals surface area contributed by atoms with Crippen LogP contribution < -0.4 is 21.3 Å². The number of H-pyrrole nitrogens is 1. The topological polar surface area (TPSA) is 168 Å². The summed E-state index contributed by atoms with van der Waals surface area (Å²) in [5.74, 6) is -6.26. The number of benzene rings is 2. The summed E-state index contributed by atoms with van der Waals surface area (Å²) in [4.78, 5) is 35.8. The van der Waals surface area contributed by atoms with Gasteiger partial charge >= 0.3 is 17.9 Å². The fraction of sp³-hybridized carbons (Fsp3) is 0.0526. The van der Waals surface area contributed by atoms with Gasteiger partial charge in [0.25, 0.3) is 10.0 Å². The molecular formula is C19H11F5N6O6S. The summed E-state index contributed by atoms with van der Waals surface area (Å²) in [5.41, 5.74) is -0.365. The first kappa shape index (κ1) is 25.5. The molecule has 0 spiro atoms. The molecule has 0 aliphatic carbocycles. The van der Waals surface area contributed by atoms with Crippen LogP contribution in [0.2, 0.25) is 0 Å². The van der Waals surface area contributed by atoms with Crippen LogP contribution in [0.15, 0.2) is 56.7 Å². The molecule has 0 aliphatic rings. The lowest BCUT2D eigenvalue weighted by Crippen LogP contribution is -2.34. The number of oxazole rings is 1. The number of rotatable bonds is 7. The van der Waals surface area contributed by atoms with E-state index in [9.17, 15) is 40.0 Å². The first-order valence-electron chi connectivity index (χ1n) is 9.60. The van der Waals surface area contributed by atoms with E-state index in [0.29, 0.717) is 0 Å². The van der Waals surface area contributed by atoms with E-state index in [1.807, 2.05) is 0 Å². The van der Waals surface area contributed by atoms with Crippen molar-refractivity contribution in [1.82, 2.24) is 19.8 Å². The van der Waals surface area contributed by atoms with Gasteiger partial charge in [0.2, 0.25) is 5.95 Å². The number of fused-ring (bicyclic) bond motifs is 1. The van der Waals surface area contributed by atoms with Gasteiger partial charge in [-0.05, 0) is 29.2 Å². The lowest BCUT2D eigenvalue weighted by atomic mass is 10.2.